The summed E-state index contributed by atoms with van der Waals surface area (Å²) in [6, 6.07) is 5.39. The highest BCUT2D eigenvalue weighted by Crippen LogP contribution is 2.40. The number of ether oxygens (including phenoxy) is 2. The SMILES string of the molecule is COc1cc(-c2coc3c(OC)c(O)cc(O)c3c2=O)ccc1O. The Bertz CT molecular complexity index is 988. The minimum atomic E-state index is -0.514. The maximum atomic E-state index is 12.8. The minimum Gasteiger partial charge on any atom is -0.507 e. The van der Waals surface area contributed by atoms with E-state index in [9.17, 15) is 20.1 Å². The summed E-state index contributed by atoms with van der Waals surface area (Å²) < 4.78 is 15.5. The lowest BCUT2D eigenvalue weighted by Gasteiger charge is -2.10. The van der Waals surface area contributed by atoms with Crippen LogP contribution in [0.2, 0.25) is 0 Å². The zero-order valence-electron chi connectivity index (χ0n) is 12.9. The van der Waals surface area contributed by atoms with Gasteiger partial charge in [-0.15, -0.1) is 0 Å². The summed E-state index contributed by atoms with van der Waals surface area (Å²) in [4.78, 5) is 12.8. The quantitative estimate of drug-likeness (QED) is 0.677. The van der Waals surface area contributed by atoms with Crippen LogP contribution in [0.15, 0.2) is 39.7 Å². The van der Waals surface area contributed by atoms with Crippen molar-refractivity contribution in [3.63, 3.8) is 0 Å². The molecule has 0 saturated carbocycles. The Morgan fingerprint density at radius 3 is 2.38 bits per heavy atom. The van der Waals surface area contributed by atoms with Crippen LogP contribution in [0.5, 0.6) is 28.7 Å². The van der Waals surface area contributed by atoms with E-state index in [1.807, 2.05) is 0 Å². The Labute approximate surface area is 135 Å². The van der Waals surface area contributed by atoms with Crippen LogP contribution in [-0.4, -0.2) is 29.5 Å². The van der Waals surface area contributed by atoms with Gasteiger partial charge in [0.25, 0.3) is 0 Å². The van der Waals surface area contributed by atoms with E-state index in [0.29, 0.717) is 5.56 Å². The van der Waals surface area contributed by atoms with Gasteiger partial charge < -0.3 is 29.2 Å². The van der Waals surface area contributed by atoms with Crippen molar-refractivity contribution in [1.82, 2.24) is 0 Å². The monoisotopic (exact) mass is 330 g/mol. The van der Waals surface area contributed by atoms with Crippen molar-refractivity contribution >= 4 is 11.0 Å². The normalized spacial score (nSPS) is 10.8. The fourth-order valence-corrected chi connectivity index (χ4v) is 2.49. The van der Waals surface area contributed by atoms with Crippen molar-refractivity contribution in [2.45, 2.75) is 0 Å². The van der Waals surface area contributed by atoms with E-state index in [-0.39, 0.29) is 39.5 Å². The average molecular weight is 330 g/mol. The largest absolute Gasteiger partial charge is 0.507 e. The summed E-state index contributed by atoms with van der Waals surface area (Å²) >= 11 is 0. The van der Waals surface area contributed by atoms with E-state index in [0.717, 1.165) is 6.07 Å². The Morgan fingerprint density at radius 1 is 0.958 bits per heavy atom. The molecule has 0 aliphatic carbocycles. The molecular weight excluding hydrogens is 316 g/mol. The molecule has 7 heteroatoms. The molecule has 0 spiro atoms. The van der Waals surface area contributed by atoms with Crippen LogP contribution >= 0.6 is 0 Å². The summed E-state index contributed by atoms with van der Waals surface area (Å²) in [5.74, 6) is -0.690. The molecule has 0 aliphatic heterocycles. The summed E-state index contributed by atoms with van der Waals surface area (Å²) in [5.41, 5.74) is 0.0184. The second-order valence-corrected chi connectivity index (χ2v) is 5.02. The van der Waals surface area contributed by atoms with Gasteiger partial charge in [-0.2, -0.15) is 0 Å². The number of phenolic OH excluding ortho intramolecular Hbond substituents is 3. The lowest BCUT2D eigenvalue weighted by atomic mass is 10.0. The first-order valence-corrected chi connectivity index (χ1v) is 6.89. The van der Waals surface area contributed by atoms with Crippen LogP contribution in [0.25, 0.3) is 22.1 Å². The third kappa shape index (κ3) is 2.26. The van der Waals surface area contributed by atoms with Crippen LogP contribution in [0.4, 0.5) is 0 Å². The van der Waals surface area contributed by atoms with E-state index in [1.165, 1.54) is 38.7 Å². The lowest BCUT2D eigenvalue weighted by molar-refractivity contribution is 0.367. The van der Waals surface area contributed by atoms with Crippen LogP contribution in [-0.2, 0) is 0 Å². The number of hydrogen-bond acceptors (Lipinski definition) is 7. The van der Waals surface area contributed by atoms with Gasteiger partial charge in [0.15, 0.2) is 22.8 Å². The predicted molar refractivity (Wildman–Crippen MR) is 86.0 cm³/mol. The zero-order valence-corrected chi connectivity index (χ0v) is 12.9. The Morgan fingerprint density at radius 2 is 1.71 bits per heavy atom. The molecule has 0 atom stereocenters. The maximum Gasteiger partial charge on any atom is 0.204 e. The van der Waals surface area contributed by atoms with Gasteiger partial charge in [0, 0.05) is 6.07 Å². The summed E-state index contributed by atoms with van der Waals surface area (Å²) in [7, 11) is 2.70. The van der Waals surface area contributed by atoms with Gasteiger partial charge in [-0.25, -0.2) is 0 Å². The van der Waals surface area contributed by atoms with E-state index < -0.39 is 11.2 Å². The smallest absolute Gasteiger partial charge is 0.204 e. The molecular formula is C17H14O7. The fourth-order valence-electron chi connectivity index (χ4n) is 2.49. The third-order valence-corrected chi connectivity index (χ3v) is 3.66. The first-order valence-electron chi connectivity index (χ1n) is 6.89. The third-order valence-electron chi connectivity index (χ3n) is 3.66. The maximum absolute atomic E-state index is 12.8. The fraction of sp³-hybridized carbons (Fsp3) is 0.118. The van der Waals surface area contributed by atoms with Gasteiger partial charge in [0.2, 0.25) is 11.2 Å². The number of benzene rings is 2. The number of aromatic hydroxyl groups is 3. The van der Waals surface area contributed by atoms with E-state index in [1.54, 1.807) is 0 Å². The first kappa shape index (κ1) is 15.5. The molecule has 3 aromatic rings. The number of hydrogen-bond donors (Lipinski definition) is 3. The molecule has 1 heterocycles. The van der Waals surface area contributed by atoms with Crippen molar-refractivity contribution in [2.75, 3.05) is 14.2 Å². The van der Waals surface area contributed by atoms with E-state index >= 15 is 0 Å². The van der Waals surface area contributed by atoms with Crippen molar-refractivity contribution in [1.29, 1.82) is 0 Å². The van der Waals surface area contributed by atoms with Crippen molar-refractivity contribution < 1.29 is 29.2 Å². The van der Waals surface area contributed by atoms with Crippen molar-refractivity contribution in [3.8, 4) is 39.9 Å². The summed E-state index contributed by atoms with van der Waals surface area (Å²) in [5, 5.41) is 29.3. The van der Waals surface area contributed by atoms with Gasteiger partial charge in [0.1, 0.15) is 17.4 Å². The number of phenols is 3. The predicted octanol–water partition coefficient (Wildman–Crippen LogP) is 2.59. The highest BCUT2D eigenvalue weighted by molar-refractivity contribution is 5.93. The standard InChI is InChI=1S/C17H14O7/c1-22-13-5-8(3-4-10(13)18)9-7-24-17-14(15(9)21)11(19)6-12(20)16(17)23-2/h3-7,18-20H,1-2H3. The van der Waals surface area contributed by atoms with E-state index in [2.05, 4.69) is 0 Å². The molecule has 0 aliphatic rings. The number of methoxy groups -OCH3 is 2. The summed E-state index contributed by atoms with van der Waals surface area (Å²) in [6.07, 6.45) is 1.19. The van der Waals surface area contributed by atoms with Gasteiger partial charge in [0.05, 0.1) is 19.8 Å². The molecule has 3 rings (SSSR count). The van der Waals surface area contributed by atoms with Gasteiger partial charge >= 0.3 is 0 Å². The summed E-state index contributed by atoms with van der Waals surface area (Å²) in [6.45, 7) is 0. The molecule has 0 radical (unpaired) electrons. The van der Waals surface area contributed by atoms with Crippen molar-refractivity contribution in [2.24, 2.45) is 0 Å². The Hall–Kier alpha value is -3.35. The molecule has 7 nitrogen and oxygen atoms in total. The van der Waals surface area contributed by atoms with Gasteiger partial charge in [-0.1, -0.05) is 6.07 Å². The molecule has 2 aromatic carbocycles. The Kier molecular flexibility index (Phi) is 3.69. The molecule has 0 bridgehead atoms. The van der Waals surface area contributed by atoms with Crippen LogP contribution in [0, 0.1) is 0 Å². The minimum absolute atomic E-state index is 0.0465. The molecule has 0 fully saturated rings. The molecule has 124 valence electrons. The number of fused-ring (bicyclic) bond motifs is 1. The van der Waals surface area contributed by atoms with Crippen LogP contribution < -0.4 is 14.9 Å². The molecule has 0 unspecified atom stereocenters. The van der Waals surface area contributed by atoms with Crippen LogP contribution in [0.3, 0.4) is 0 Å². The van der Waals surface area contributed by atoms with Gasteiger partial charge in [-0.3, -0.25) is 4.79 Å². The molecule has 24 heavy (non-hydrogen) atoms. The van der Waals surface area contributed by atoms with Crippen LogP contribution in [0.1, 0.15) is 0 Å². The molecule has 0 amide bonds. The first-order chi connectivity index (χ1) is 11.5. The highest BCUT2D eigenvalue weighted by Gasteiger charge is 2.20. The van der Waals surface area contributed by atoms with Gasteiger partial charge in [-0.05, 0) is 17.7 Å². The lowest BCUT2D eigenvalue weighted by Crippen LogP contribution is -2.06. The van der Waals surface area contributed by atoms with E-state index in [4.69, 9.17) is 13.9 Å². The van der Waals surface area contributed by atoms with Crippen molar-refractivity contribution in [3.05, 3.63) is 40.8 Å². The number of rotatable bonds is 3. The highest BCUT2D eigenvalue weighted by atomic mass is 16.5. The Balaban J connectivity index is 2.33. The second-order valence-electron chi connectivity index (χ2n) is 5.02. The second kappa shape index (κ2) is 5.69. The topological polar surface area (TPSA) is 109 Å². The molecule has 3 N–H and O–H groups in total. The molecule has 0 saturated heterocycles. The molecule has 1 aromatic heterocycles. The average Bonchev–Trinajstić information content (AvgIpc) is 2.55. The zero-order chi connectivity index (χ0) is 17.4.